The van der Waals surface area contributed by atoms with Gasteiger partial charge in [-0.1, -0.05) is 19.3 Å². The Morgan fingerprint density at radius 1 is 1.22 bits per heavy atom. The van der Waals surface area contributed by atoms with Gasteiger partial charge in [0.2, 0.25) is 5.91 Å². The number of carbonyl (C=O) groups is 1. The van der Waals surface area contributed by atoms with E-state index in [9.17, 15) is 4.79 Å². The molecule has 1 aliphatic carbocycles. The van der Waals surface area contributed by atoms with Gasteiger partial charge in [0.1, 0.15) is 0 Å². The van der Waals surface area contributed by atoms with Crippen LogP contribution in [0, 0.1) is 11.8 Å². The third kappa shape index (κ3) is 3.45. The molecule has 104 valence electrons. The van der Waals surface area contributed by atoms with Gasteiger partial charge >= 0.3 is 0 Å². The Morgan fingerprint density at radius 3 is 2.61 bits per heavy atom. The van der Waals surface area contributed by atoms with Crippen molar-refractivity contribution >= 4 is 5.91 Å². The Balaban J connectivity index is 1.91. The first-order valence-corrected chi connectivity index (χ1v) is 7.36. The van der Waals surface area contributed by atoms with E-state index in [0.29, 0.717) is 18.4 Å². The maximum Gasteiger partial charge on any atom is 0.225 e. The zero-order valence-corrected chi connectivity index (χ0v) is 11.2. The molecule has 0 radical (unpaired) electrons. The summed E-state index contributed by atoms with van der Waals surface area (Å²) in [6.45, 7) is 1.70. The second-order valence-corrected chi connectivity index (χ2v) is 5.95. The topological polar surface area (TPSA) is 66.6 Å². The van der Waals surface area contributed by atoms with Gasteiger partial charge in [-0.3, -0.25) is 4.79 Å². The van der Waals surface area contributed by atoms with Gasteiger partial charge in [-0.05, 0) is 31.6 Å². The Bertz CT molecular complexity index is 277. The number of amides is 1. The molecule has 2 aliphatic rings. The first kappa shape index (κ1) is 13.8. The van der Waals surface area contributed by atoms with Crippen LogP contribution in [0.5, 0.6) is 0 Å². The number of aliphatic hydroxyl groups excluding tert-OH is 1. The third-order valence-electron chi connectivity index (χ3n) is 4.37. The van der Waals surface area contributed by atoms with Crippen LogP contribution in [0.25, 0.3) is 0 Å². The number of nitrogens with zero attached hydrogens (tertiary/aromatic N) is 1. The lowest BCUT2D eigenvalue weighted by Crippen LogP contribution is -2.51. The molecule has 4 nitrogen and oxygen atoms in total. The van der Waals surface area contributed by atoms with Gasteiger partial charge in [0.15, 0.2) is 0 Å². The predicted molar refractivity (Wildman–Crippen MR) is 70.9 cm³/mol. The molecule has 1 heterocycles. The molecule has 2 atom stereocenters. The van der Waals surface area contributed by atoms with Crippen molar-refractivity contribution < 1.29 is 9.90 Å². The zero-order chi connectivity index (χ0) is 13.0. The smallest absolute Gasteiger partial charge is 0.225 e. The average molecular weight is 254 g/mol. The van der Waals surface area contributed by atoms with E-state index in [1.54, 1.807) is 0 Å². The van der Waals surface area contributed by atoms with Crippen molar-refractivity contribution in [2.75, 3.05) is 19.7 Å². The third-order valence-corrected chi connectivity index (χ3v) is 4.37. The molecule has 1 saturated carbocycles. The summed E-state index contributed by atoms with van der Waals surface area (Å²) in [7, 11) is 0. The van der Waals surface area contributed by atoms with Gasteiger partial charge in [0.05, 0.1) is 0 Å². The molecule has 0 aromatic heterocycles. The van der Waals surface area contributed by atoms with E-state index < -0.39 is 0 Å². The minimum atomic E-state index is 0.0860. The number of nitrogens with two attached hydrogens (primary N) is 1. The second kappa shape index (κ2) is 6.53. The maximum absolute atomic E-state index is 12.5. The van der Waals surface area contributed by atoms with Crippen LogP contribution in [-0.2, 0) is 4.79 Å². The van der Waals surface area contributed by atoms with E-state index in [1.807, 2.05) is 4.90 Å². The molecule has 2 unspecified atom stereocenters. The molecule has 0 spiro atoms. The molecule has 18 heavy (non-hydrogen) atoms. The number of rotatable bonds is 3. The van der Waals surface area contributed by atoms with Crippen molar-refractivity contribution in [2.45, 2.75) is 51.0 Å². The highest BCUT2D eigenvalue weighted by Gasteiger charge is 2.32. The Labute approximate surface area is 110 Å². The lowest BCUT2D eigenvalue weighted by Gasteiger charge is -2.38. The molecular weight excluding hydrogens is 228 g/mol. The molecule has 2 rings (SSSR count). The fourth-order valence-electron chi connectivity index (χ4n) is 3.43. The van der Waals surface area contributed by atoms with Crippen LogP contribution in [0.15, 0.2) is 0 Å². The van der Waals surface area contributed by atoms with E-state index in [2.05, 4.69) is 0 Å². The van der Waals surface area contributed by atoms with Crippen LogP contribution in [-0.4, -0.2) is 41.7 Å². The van der Waals surface area contributed by atoms with Gasteiger partial charge in [0.25, 0.3) is 0 Å². The van der Waals surface area contributed by atoms with E-state index in [1.165, 1.54) is 19.3 Å². The molecule has 1 aliphatic heterocycles. The largest absolute Gasteiger partial charge is 0.396 e. The zero-order valence-electron chi connectivity index (χ0n) is 11.2. The van der Waals surface area contributed by atoms with Crippen molar-refractivity contribution in [1.82, 2.24) is 4.90 Å². The SMILES string of the molecule is NC1CC(CCO)CN(C(=O)C2CCCCC2)C1. The van der Waals surface area contributed by atoms with E-state index in [4.69, 9.17) is 10.8 Å². The summed E-state index contributed by atoms with van der Waals surface area (Å²) in [6.07, 6.45) is 7.46. The van der Waals surface area contributed by atoms with Crippen LogP contribution in [0.4, 0.5) is 0 Å². The summed E-state index contributed by atoms with van der Waals surface area (Å²) < 4.78 is 0. The Kier molecular flexibility index (Phi) is 5.01. The molecule has 0 aromatic rings. The molecule has 0 bridgehead atoms. The summed E-state index contributed by atoms with van der Waals surface area (Å²) in [6, 6.07) is 0.0860. The maximum atomic E-state index is 12.5. The number of piperidine rings is 1. The molecule has 1 amide bonds. The van der Waals surface area contributed by atoms with Gasteiger partial charge in [-0.25, -0.2) is 0 Å². The minimum Gasteiger partial charge on any atom is -0.396 e. The van der Waals surface area contributed by atoms with Crippen molar-refractivity contribution in [1.29, 1.82) is 0 Å². The fourth-order valence-corrected chi connectivity index (χ4v) is 3.43. The van der Waals surface area contributed by atoms with Gasteiger partial charge in [-0.2, -0.15) is 0 Å². The Morgan fingerprint density at radius 2 is 1.94 bits per heavy atom. The summed E-state index contributed by atoms with van der Waals surface area (Å²) in [5, 5.41) is 9.03. The lowest BCUT2D eigenvalue weighted by molar-refractivity contribution is -0.138. The molecule has 4 heteroatoms. The van der Waals surface area contributed by atoms with E-state index in [0.717, 1.165) is 32.2 Å². The van der Waals surface area contributed by atoms with Crippen molar-refractivity contribution in [2.24, 2.45) is 17.6 Å². The summed E-state index contributed by atoms with van der Waals surface area (Å²) >= 11 is 0. The normalized spacial score (nSPS) is 30.4. The molecule has 1 saturated heterocycles. The number of hydrogen-bond donors (Lipinski definition) is 2. The number of aliphatic hydroxyl groups is 1. The van der Waals surface area contributed by atoms with E-state index >= 15 is 0 Å². The highest BCUT2D eigenvalue weighted by molar-refractivity contribution is 5.79. The average Bonchev–Trinajstić information content (AvgIpc) is 2.38. The molecular formula is C14H26N2O2. The van der Waals surface area contributed by atoms with Crippen LogP contribution in [0.1, 0.15) is 44.9 Å². The van der Waals surface area contributed by atoms with Crippen molar-refractivity contribution in [3.05, 3.63) is 0 Å². The standard InChI is InChI=1S/C14H26N2O2/c15-13-8-11(6-7-17)9-16(10-13)14(18)12-4-2-1-3-5-12/h11-13,17H,1-10,15H2. The minimum absolute atomic E-state index is 0.0860. The van der Waals surface area contributed by atoms with Crippen LogP contribution >= 0.6 is 0 Å². The molecule has 0 aromatic carbocycles. The monoisotopic (exact) mass is 254 g/mol. The van der Waals surface area contributed by atoms with Crippen molar-refractivity contribution in [3.63, 3.8) is 0 Å². The van der Waals surface area contributed by atoms with Crippen LogP contribution in [0.2, 0.25) is 0 Å². The van der Waals surface area contributed by atoms with Crippen LogP contribution in [0.3, 0.4) is 0 Å². The summed E-state index contributed by atoms with van der Waals surface area (Å²) in [5.74, 6) is 0.929. The second-order valence-electron chi connectivity index (χ2n) is 5.95. The number of hydrogen-bond acceptors (Lipinski definition) is 3. The quantitative estimate of drug-likeness (QED) is 0.793. The highest BCUT2D eigenvalue weighted by atomic mass is 16.3. The van der Waals surface area contributed by atoms with Gasteiger partial charge in [0, 0.05) is 31.7 Å². The summed E-state index contributed by atoms with van der Waals surface area (Å²) in [4.78, 5) is 14.4. The summed E-state index contributed by atoms with van der Waals surface area (Å²) in [5.41, 5.74) is 6.04. The van der Waals surface area contributed by atoms with Crippen molar-refractivity contribution in [3.8, 4) is 0 Å². The number of carbonyl (C=O) groups excluding carboxylic acids is 1. The fraction of sp³-hybridized carbons (Fsp3) is 0.929. The predicted octanol–water partition coefficient (Wildman–Crippen LogP) is 1.12. The van der Waals surface area contributed by atoms with E-state index in [-0.39, 0.29) is 18.6 Å². The highest BCUT2D eigenvalue weighted by Crippen LogP contribution is 2.27. The number of likely N-dealkylation sites (tertiary alicyclic amines) is 1. The van der Waals surface area contributed by atoms with Gasteiger partial charge in [-0.15, -0.1) is 0 Å². The molecule has 2 fully saturated rings. The lowest BCUT2D eigenvalue weighted by atomic mass is 9.86. The Hall–Kier alpha value is -0.610. The van der Waals surface area contributed by atoms with Gasteiger partial charge < -0.3 is 15.7 Å². The first-order valence-electron chi connectivity index (χ1n) is 7.36. The first-order chi connectivity index (χ1) is 8.70. The van der Waals surface area contributed by atoms with Crippen LogP contribution < -0.4 is 5.73 Å². The molecule has 3 N–H and O–H groups in total.